The van der Waals surface area contributed by atoms with Crippen LogP contribution in [0.1, 0.15) is 55.2 Å². The summed E-state index contributed by atoms with van der Waals surface area (Å²) in [5.74, 6) is 0.984. The summed E-state index contributed by atoms with van der Waals surface area (Å²) < 4.78 is 13.3. The number of anilines is 9. The van der Waals surface area contributed by atoms with E-state index >= 15 is 0 Å². The summed E-state index contributed by atoms with van der Waals surface area (Å²) in [7, 11) is 0. The van der Waals surface area contributed by atoms with E-state index in [0.29, 0.717) is 0 Å². The van der Waals surface area contributed by atoms with Crippen LogP contribution in [0.25, 0.3) is 60.4 Å². The number of furan rings is 2. The minimum Gasteiger partial charge on any atom is -0.456 e. The van der Waals surface area contributed by atoms with Crippen LogP contribution >= 0.6 is 0 Å². The Balaban J connectivity index is 0.943. The lowest BCUT2D eigenvalue weighted by molar-refractivity contribution is 0.590. The fourth-order valence-corrected chi connectivity index (χ4v) is 13.5. The van der Waals surface area contributed by atoms with Gasteiger partial charge in [-0.15, -0.1) is 0 Å². The van der Waals surface area contributed by atoms with Gasteiger partial charge >= 0.3 is 0 Å². The highest BCUT2D eigenvalue weighted by molar-refractivity contribution is 7.00. The molecule has 16 rings (SSSR count). The van der Waals surface area contributed by atoms with Crippen LogP contribution in [0.15, 0.2) is 251 Å². The molecule has 0 spiro atoms. The van der Waals surface area contributed by atoms with Crippen molar-refractivity contribution in [1.29, 1.82) is 0 Å². The van der Waals surface area contributed by atoms with Crippen molar-refractivity contribution in [2.24, 2.45) is 0 Å². The summed E-state index contributed by atoms with van der Waals surface area (Å²) in [5, 5.41) is 5.86. The minimum absolute atomic E-state index is 0.0880. The Bertz CT molecular complexity index is 4720. The third-order valence-corrected chi connectivity index (χ3v) is 17.3. The number of para-hydroxylation sites is 3. The maximum atomic E-state index is 6.67. The summed E-state index contributed by atoms with van der Waals surface area (Å²) in [5.41, 5.74) is 24.8. The Kier molecular flexibility index (Phi) is 10.6. The molecule has 0 saturated carbocycles. The third kappa shape index (κ3) is 7.47. The smallest absolute Gasteiger partial charge is 0.252 e. The van der Waals surface area contributed by atoms with E-state index in [1.165, 1.54) is 71.7 Å². The molecule has 2 aromatic heterocycles. The normalized spacial score (nSPS) is 13.6. The maximum Gasteiger partial charge on any atom is 0.252 e. The second-order valence-electron chi connectivity index (χ2n) is 23.2. The second-order valence-corrected chi connectivity index (χ2v) is 23.2. The number of nitrogens with zero attached hydrogens (tertiary/aromatic N) is 3. The molecule has 4 heterocycles. The van der Waals surface area contributed by atoms with Crippen LogP contribution < -0.4 is 31.1 Å². The number of aryl methyl sites for hydroxylation is 2. The molecule has 0 bridgehead atoms. The molecule has 0 radical (unpaired) electrons. The molecule has 0 N–H and O–H groups in total. The van der Waals surface area contributed by atoms with Crippen molar-refractivity contribution in [1.82, 2.24) is 0 Å². The average molecular weight is 1040 g/mol. The van der Waals surface area contributed by atoms with Crippen LogP contribution in [-0.4, -0.2) is 6.71 Å². The van der Waals surface area contributed by atoms with E-state index in [9.17, 15) is 0 Å². The second kappa shape index (κ2) is 18.1. The molecule has 2 aliphatic heterocycles. The number of rotatable bonds is 7. The Morgan fingerprint density at radius 3 is 1.86 bits per heavy atom. The van der Waals surface area contributed by atoms with E-state index in [-0.39, 0.29) is 12.1 Å². The van der Waals surface area contributed by atoms with Crippen LogP contribution in [0.3, 0.4) is 0 Å². The lowest BCUT2D eigenvalue weighted by Gasteiger charge is -2.45. The van der Waals surface area contributed by atoms with Gasteiger partial charge in [0.2, 0.25) is 0 Å². The maximum absolute atomic E-state index is 6.67. The fraction of sp³-hybridized carbons (Fsp3) is 0.0933. The number of fused-ring (bicyclic) bond motifs is 11. The fourth-order valence-electron chi connectivity index (χ4n) is 13.5. The van der Waals surface area contributed by atoms with E-state index in [2.05, 4.69) is 279 Å². The van der Waals surface area contributed by atoms with Crippen LogP contribution in [0.4, 0.5) is 51.2 Å². The molecule has 0 unspecified atom stereocenters. The van der Waals surface area contributed by atoms with E-state index < -0.39 is 0 Å². The number of benzene rings is 11. The van der Waals surface area contributed by atoms with Crippen molar-refractivity contribution >= 4 is 124 Å². The molecule has 1 aliphatic carbocycles. The van der Waals surface area contributed by atoms with E-state index in [4.69, 9.17) is 8.83 Å². The highest BCUT2D eigenvalue weighted by Gasteiger charge is 2.44. The average Bonchev–Trinajstić information content (AvgIpc) is 4.13. The molecule has 6 heteroatoms. The van der Waals surface area contributed by atoms with Gasteiger partial charge in [-0.2, -0.15) is 0 Å². The lowest BCUT2D eigenvalue weighted by Crippen LogP contribution is -2.61. The van der Waals surface area contributed by atoms with Gasteiger partial charge in [-0.3, -0.25) is 0 Å². The number of allylic oxidation sites excluding steroid dienone is 1. The zero-order chi connectivity index (χ0) is 54.1. The Morgan fingerprint density at radius 2 is 1.10 bits per heavy atom. The van der Waals surface area contributed by atoms with Gasteiger partial charge in [-0.1, -0.05) is 172 Å². The summed E-state index contributed by atoms with van der Waals surface area (Å²) >= 11 is 0. The molecule has 13 aromatic rings. The quantitative estimate of drug-likeness (QED) is 0.149. The van der Waals surface area contributed by atoms with Gasteiger partial charge in [0.25, 0.3) is 6.71 Å². The third-order valence-electron chi connectivity index (χ3n) is 17.3. The van der Waals surface area contributed by atoms with Crippen LogP contribution in [0.2, 0.25) is 0 Å². The molecule has 0 saturated heterocycles. The number of hydrogen-bond donors (Lipinski definition) is 0. The van der Waals surface area contributed by atoms with Crippen molar-refractivity contribution in [2.75, 3.05) is 14.7 Å². The topological polar surface area (TPSA) is 36.0 Å². The van der Waals surface area contributed by atoms with Crippen molar-refractivity contribution in [2.45, 2.75) is 46.0 Å². The first kappa shape index (κ1) is 47.2. The predicted molar refractivity (Wildman–Crippen MR) is 340 cm³/mol. The monoisotopic (exact) mass is 1040 g/mol. The predicted octanol–water partition coefficient (Wildman–Crippen LogP) is 18.7. The highest BCUT2D eigenvalue weighted by atomic mass is 16.3. The summed E-state index contributed by atoms with van der Waals surface area (Å²) in [4.78, 5) is 7.53. The molecular formula is C75H56BN3O2. The summed E-state index contributed by atoms with van der Waals surface area (Å²) in [6.45, 7) is 9.11. The molecule has 386 valence electrons. The van der Waals surface area contributed by atoms with Gasteiger partial charge in [-0.25, -0.2) is 0 Å². The molecule has 11 aromatic carbocycles. The molecular weight excluding hydrogens is 986 g/mol. The zero-order valence-corrected chi connectivity index (χ0v) is 45.7. The summed E-state index contributed by atoms with van der Waals surface area (Å²) in [6.07, 6.45) is 4.29. The molecule has 0 fully saturated rings. The standard InChI is InChI=1S/C75H56BN3O2/c1-47-42-67-73-68(43-47)79(55-36-38-60-58-24-13-15-28-69(58)80-71(60)46-55)65-44-51(75(2,3)4)33-39-62(65)76(73)63-40-37-54(77(52-21-9-6-10-22-52)64-41-32-48-18-11-12-23-56(48)72(64)50-19-7-5-8-20-50)45-66(63)78(67)53-34-30-49(31-35-53)57-26-17-27-61-59-25-14-16-29-70(59)81-74(57)61/h5-16,18-26,28-46H,17,27H2,1-4H3. The van der Waals surface area contributed by atoms with Crippen molar-refractivity contribution in [3.8, 4) is 11.1 Å². The van der Waals surface area contributed by atoms with Gasteiger partial charge < -0.3 is 23.5 Å². The van der Waals surface area contributed by atoms with Crippen LogP contribution in [-0.2, 0) is 11.8 Å². The highest BCUT2D eigenvalue weighted by Crippen LogP contribution is 2.50. The molecule has 3 aliphatic rings. The molecule has 81 heavy (non-hydrogen) atoms. The molecule has 5 nitrogen and oxygen atoms in total. The first-order valence-corrected chi connectivity index (χ1v) is 28.4. The molecule has 0 atom stereocenters. The minimum atomic E-state index is -0.0916. The van der Waals surface area contributed by atoms with E-state index in [1.807, 2.05) is 6.07 Å². The lowest BCUT2D eigenvalue weighted by atomic mass is 9.33. The van der Waals surface area contributed by atoms with Gasteiger partial charge in [0.15, 0.2) is 0 Å². The largest absolute Gasteiger partial charge is 0.456 e. The van der Waals surface area contributed by atoms with Gasteiger partial charge in [0.05, 0.1) is 5.69 Å². The van der Waals surface area contributed by atoms with Gasteiger partial charge in [0, 0.05) is 84.4 Å². The molecule has 0 amide bonds. The van der Waals surface area contributed by atoms with Gasteiger partial charge in [-0.05, 0) is 160 Å². The first-order valence-electron chi connectivity index (χ1n) is 28.4. The van der Waals surface area contributed by atoms with Crippen molar-refractivity contribution in [3.05, 3.63) is 271 Å². The van der Waals surface area contributed by atoms with E-state index in [0.717, 1.165) is 97.1 Å². The van der Waals surface area contributed by atoms with Crippen molar-refractivity contribution in [3.63, 3.8) is 0 Å². The first-order chi connectivity index (χ1) is 39.7. The Hall–Kier alpha value is -9.78. The SMILES string of the molecule is Cc1cc2c3c(c1)N(c1ccc4c(c1)oc1ccccc14)c1cc(C(C)(C)C)ccc1B3c1ccc(N(c3ccccc3)c3ccc4ccccc4c3-c3ccccc3)cc1N2c1ccc(C2=CCCc3c2oc2ccccc32)cc1. The Morgan fingerprint density at radius 1 is 0.469 bits per heavy atom. The zero-order valence-electron chi connectivity index (χ0n) is 45.7. The Labute approximate surface area is 472 Å². The van der Waals surface area contributed by atoms with Crippen LogP contribution in [0.5, 0.6) is 0 Å². The summed E-state index contributed by atoms with van der Waals surface area (Å²) in [6, 6.07) is 87.3. The van der Waals surface area contributed by atoms with Crippen molar-refractivity contribution < 1.29 is 8.83 Å². The van der Waals surface area contributed by atoms with E-state index in [1.54, 1.807) is 0 Å². The van der Waals surface area contributed by atoms with Crippen LogP contribution in [0, 0.1) is 6.92 Å². The van der Waals surface area contributed by atoms with Gasteiger partial charge in [0.1, 0.15) is 22.5 Å². The number of hydrogen-bond acceptors (Lipinski definition) is 5.